The van der Waals surface area contributed by atoms with Gasteiger partial charge in [0, 0.05) is 29.7 Å². The summed E-state index contributed by atoms with van der Waals surface area (Å²) in [6.07, 6.45) is 5.28. The van der Waals surface area contributed by atoms with Crippen LogP contribution in [0.1, 0.15) is 43.5 Å². The smallest absolute Gasteiger partial charge is 0.0501 e. The first-order valence-corrected chi connectivity index (χ1v) is 7.70. The van der Waals surface area contributed by atoms with Gasteiger partial charge in [0.1, 0.15) is 0 Å². The first kappa shape index (κ1) is 11.5. The molecule has 4 rings (SSSR count). The molecule has 0 bridgehead atoms. The average molecular weight is 254 g/mol. The molecule has 2 aliphatic rings. The molecule has 2 atom stereocenters. The Morgan fingerprint density at radius 1 is 1.26 bits per heavy atom. The molecule has 2 heteroatoms. The second kappa shape index (κ2) is 4.38. The predicted octanol–water partition coefficient (Wildman–Crippen LogP) is 3.89. The van der Waals surface area contributed by atoms with Gasteiger partial charge < -0.3 is 4.98 Å². The molecular weight excluding hydrogens is 232 g/mol. The molecular formula is C17H22N2. The molecule has 1 saturated heterocycles. The van der Waals surface area contributed by atoms with Gasteiger partial charge in [-0.3, -0.25) is 4.90 Å². The first-order chi connectivity index (χ1) is 9.36. The van der Waals surface area contributed by atoms with Crippen LogP contribution in [-0.4, -0.2) is 23.0 Å². The van der Waals surface area contributed by atoms with Crippen molar-refractivity contribution in [1.29, 1.82) is 0 Å². The molecule has 0 aliphatic carbocycles. The fraction of sp³-hybridized carbons (Fsp3) is 0.529. The number of benzene rings is 1. The van der Waals surface area contributed by atoms with Gasteiger partial charge in [-0.2, -0.15) is 0 Å². The summed E-state index contributed by atoms with van der Waals surface area (Å²) in [5.41, 5.74) is 4.43. The number of H-pyrrole nitrogens is 1. The van der Waals surface area contributed by atoms with Crippen molar-refractivity contribution in [1.82, 2.24) is 9.88 Å². The van der Waals surface area contributed by atoms with Crippen LogP contribution in [0.25, 0.3) is 10.9 Å². The SMILES string of the molecule is CCC1CCC2c3[nH]c4ccccc4c3CCN2C1. The van der Waals surface area contributed by atoms with Crippen molar-refractivity contribution < 1.29 is 0 Å². The van der Waals surface area contributed by atoms with E-state index in [4.69, 9.17) is 0 Å². The highest BCUT2D eigenvalue weighted by Crippen LogP contribution is 2.40. The van der Waals surface area contributed by atoms with Gasteiger partial charge >= 0.3 is 0 Å². The molecule has 1 N–H and O–H groups in total. The zero-order valence-corrected chi connectivity index (χ0v) is 11.7. The topological polar surface area (TPSA) is 19.0 Å². The van der Waals surface area contributed by atoms with Gasteiger partial charge in [0.2, 0.25) is 0 Å². The van der Waals surface area contributed by atoms with Gasteiger partial charge in [-0.25, -0.2) is 0 Å². The summed E-state index contributed by atoms with van der Waals surface area (Å²) in [5.74, 6) is 0.919. The molecule has 0 saturated carbocycles. The number of para-hydroxylation sites is 1. The fourth-order valence-electron chi connectivity index (χ4n) is 4.06. The van der Waals surface area contributed by atoms with Crippen molar-refractivity contribution in [2.24, 2.45) is 5.92 Å². The Balaban J connectivity index is 1.75. The zero-order chi connectivity index (χ0) is 12.8. The molecule has 3 heterocycles. The van der Waals surface area contributed by atoms with Crippen molar-refractivity contribution in [3.8, 4) is 0 Å². The Labute approximate surface area is 114 Å². The van der Waals surface area contributed by atoms with E-state index in [1.165, 1.54) is 55.4 Å². The normalized spacial score (nSPS) is 27.2. The van der Waals surface area contributed by atoms with Crippen molar-refractivity contribution in [3.63, 3.8) is 0 Å². The van der Waals surface area contributed by atoms with Gasteiger partial charge in [0.25, 0.3) is 0 Å². The Bertz CT molecular complexity index is 598. The van der Waals surface area contributed by atoms with E-state index >= 15 is 0 Å². The Morgan fingerprint density at radius 3 is 3.05 bits per heavy atom. The summed E-state index contributed by atoms with van der Waals surface area (Å²) < 4.78 is 0. The van der Waals surface area contributed by atoms with E-state index in [0.29, 0.717) is 6.04 Å². The number of rotatable bonds is 1. The third-order valence-electron chi connectivity index (χ3n) is 5.19. The van der Waals surface area contributed by atoms with Gasteiger partial charge in [-0.05, 0) is 36.8 Å². The summed E-state index contributed by atoms with van der Waals surface area (Å²) >= 11 is 0. The van der Waals surface area contributed by atoms with Crippen LogP contribution >= 0.6 is 0 Å². The Kier molecular flexibility index (Phi) is 2.66. The second-order valence-corrected chi connectivity index (χ2v) is 6.18. The minimum atomic E-state index is 0.652. The molecule has 2 aliphatic heterocycles. The van der Waals surface area contributed by atoms with Crippen molar-refractivity contribution >= 4 is 10.9 Å². The lowest BCUT2D eigenvalue weighted by molar-refractivity contribution is 0.0950. The predicted molar refractivity (Wildman–Crippen MR) is 79.3 cm³/mol. The van der Waals surface area contributed by atoms with Gasteiger partial charge in [0.05, 0.1) is 6.04 Å². The van der Waals surface area contributed by atoms with Crippen molar-refractivity contribution in [2.75, 3.05) is 13.1 Å². The van der Waals surface area contributed by atoms with Crippen LogP contribution in [0.3, 0.4) is 0 Å². The molecule has 100 valence electrons. The van der Waals surface area contributed by atoms with E-state index in [-0.39, 0.29) is 0 Å². The highest BCUT2D eigenvalue weighted by Gasteiger charge is 2.34. The maximum Gasteiger partial charge on any atom is 0.0501 e. The molecule has 19 heavy (non-hydrogen) atoms. The number of hydrogen-bond donors (Lipinski definition) is 1. The lowest BCUT2D eigenvalue weighted by Crippen LogP contribution is -2.42. The standard InChI is InChI=1S/C17H22N2/c1-2-12-7-8-16-17-14(9-10-19(16)11-12)13-5-3-4-6-15(13)18-17/h3-6,12,16,18H,2,7-11H2,1H3. The van der Waals surface area contributed by atoms with Gasteiger partial charge in [-0.1, -0.05) is 31.5 Å². The molecule has 1 aromatic heterocycles. The van der Waals surface area contributed by atoms with Crippen LogP contribution in [0.4, 0.5) is 0 Å². The fourth-order valence-corrected chi connectivity index (χ4v) is 4.06. The summed E-state index contributed by atoms with van der Waals surface area (Å²) in [5, 5.41) is 1.45. The maximum atomic E-state index is 3.71. The number of piperidine rings is 1. The lowest BCUT2D eigenvalue weighted by atomic mass is 9.85. The molecule has 1 fully saturated rings. The summed E-state index contributed by atoms with van der Waals surface area (Å²) in [6, 6.07) is 9.44. The highest BCUT2D eigenvalue weighted by molar-refractivity contribution is 5.85. The number of nitrogens with zero attached hydrogens (tertiary/aromatic N) is 1. The number of nitrogens with one attached hydrogen (secondary N) is 1. The quantitative estimate of drug-likeness (QED) is 0.818. The highest BCUT2D eigenvalue weighted by atomic mass is 15.2. The number of aromatic amines is 1. The largest absolute Gasteiger partial charge is 0.357 e. The van der Waals surface area contributed by atoms with E-state index in [0.717, 1.165) is 5.92 Å². The van der Waals surface area contributed by atoms with Crippen molar-refractivity contribution in [2.45, 2.75) is 38.6 Å². The van der Waals surface area contributed by atoms with Crippen LogP contribution < -0.4 is 0 Å². The zero-order valence-electron chi connectivity index (χ0n) is 11.7. The molecule has 1 aromatic carbocycles. The second-order valence-electron chi connectivity index (χ2n) is 6.18. The Morgan fingerprint density at radius 2 is 2.16 bits per heavy atom. The molecule has 2 aromatic rings. The molecule has 0 amide bonds. The number of fused-ring (bicyclic) bond motifs is 5. The molecule has 2 unspecified atom stereocenters. The third kappa shape index (κ3) is 1.73. The van der Waals surface area contributed by atoms with Gasteiger partial charge in [0.15, 0.2) is 0 Å². The van der Waals surface area contributed by atoms with Gasteiger partial charge in [-0.15, -0.1) is 0 Å². The van der Waals surface area contributed by atoms with E-state index in [9.17, 15) is 0 Å². The minimum absolute atomic E-state index is 0.652. The van der Waals surface area contributed by atoms with Crippen LogP contribution in [0.15, 0.2) is 24.3 Å². The van der Waals surface area contributed by atoms with E-state index in [1.807, 2.05) is 0 Å². The van der Waals surface area contributed by atoms with Crippen LogP contribution in [-0.2, 0) is 6.42 Å². The lowest BCUT2D eigenvalue weighted by Gasteiger charge is -2.42. The monoisotopic (exact) mass is 254 g/mol. The van der Waals surface area contributed by atoms with E-state index in [1.54, 1.807) is 5.56 Å². The minimum Gasteiger partial charge on any atom is -0.357 e. The van der Waals surface area contributed by atoms with Crippen molar-refractivity contribution in [3.05, 3.63) is 35.5 Å². The number of hydrogen-bond acceptors (Lipinski definition) is 1. The van der Waals surface area contributed by atoms with E-state index < -0.39 is 0 Å². The molecule has 0 radical (unpaired) electrons. The Hall–Kier alpha value is -1.28. The summed E-state index contributed by atoms with van der Waals surface area (Å²) in [7, 11) is 0. The van der Waals surface area contributed by atoms with Crippen LogP contribution in [0.2, 0.25) is 0 Å². The molecule has 0 spiro atoms. The molecule has 2 nitrogen and oxygen atoms in total. The summed E-state index contributed by atoms with van der Waals surface area (Å²) in [6.45, 7) is 4.88. The summed E-state index contributed by atoms with van der Waals surface area (Å²) in [4.78, 5) is 6.42. The van der Waals surface area contributed by atoms with E-state index in [2.05, 4.69) is 41.1 Å². The van der Waals surface area contributed by atoms with Crippen LogP contribution in [0, 0.1) is 5.92 Å². The first-order valence-electron chi connectivity index (χ1n) is 7.70. The third-order valence-corrected chi connectivity index (χ3v) is 5.19. The van der Waals surface area contributed by atoms with Crippen LogP contribution in [0.5, 0.6) is 0 Å². The number of aromatic nitrogens is 1. The maximum absolute atomic E-state index is 3.71. The average Bonchev–Trinajstić information content (AvgIpc) is 2.85.